The Kier molecular flexibility index (Phi) is 14.4. The maximum absolute atomic E-state index is 12.2. The van der Waals surface area contributed by atoms with Crippen molar-refractivity contribution >= 4 is 57.3 Å². The molecule has 0 aliphatic heterocycles. The molecule has 39 heavy (non-hydrogen) atoms. The van der Waals surface area contributed by atoms with Crippen LogP contribution in [0.1, 0.15) is 95.7 Å². The minimum absolute atomic E-state index is 0.0942. The monoisotopic (exact) mass is 577 g/mol. The van der Waals surface area contributed by atoms with Crippen LogP contribution in [0.15, 0.2) is 22.4 Å². The Bertz CT molecular complexity index is 1070. The third kappa shape index (κ3) is 10.2. The lowest BCUT2D eigenvalue weighted by Crippen LogP contribution is -2.34. The molecule has 0 saturated carbocycles. The molecule has 0 bridgehead atoms. The molecule has 0 aliphatic rings. The fraction of sp³-hybridized carbons (Fsp3) is 0.621. The molecule has 0 aliphatic carbocycles. The zero-order valence-electron chi connectivity index (χ0n) is 24.3. The van der Waals surface area contributed by atoms with Gasteiger partial charge in [0.1, 0.15) is 16.3 Å². The van der Waals surface area contributed by atoms with Crippen LogP contribution in [-0.2, 0) is 4.79 Å². The smallest absolute Gasteiger partial charge is 0.232 e. The van der Waals surface area contributed by atoms with Crippen molar-refractivity contribution in [3.63, 3.8) is 0 Å². The zero-order valence-corrected chi connectivity index (χ0v) is 25.8. The summed E-state index contributed by atoms with van der Waals surface area (Å²) in [6, 6.07) is 3.74. The number of thiazole rings is 1. The molecule has 2 atom stereocenters. The van der Waals surface area contributed by atoms with E-state index >= 15 is 0 Å². The van der Waals surface area contributed by atoms with Crippen molar-refractivity contribution in [1.29, 1.82) is 0 Å². The summed E-state index contributed by atoms with van der Waals surface area (Å²) in [6.45, 7) is 12.3. The molecule has 216 valence electrons. The van der Waals surface area contributed by atoms with E-state index in [0.717, 1.165) is 43.0 Å². The van der Waals surface area contributed by atoms with E-state index in [1.165, 1.54) is 45.4 Å². The number of azo groups is 1. The predicted octanol–water partition coefficient (Wildman–Crippen LogP) is 9.23. The Morgan fingerprint density at radius 3 is 2.18 bits per heavy atom. The van der Waals surface area contributed by atoms with Gasteiger partial charge in [-0.1, -0.05) is 89.2 Å². The summed E-state index contributed by atoms with van der Waals surface area (Å²) in [5, 5.41) is 11.8. The number of nitrogens with zero attached hydrogens (tertiary/aromatic N) is 4. The molecular weight excluding hydrogens is 534 g/mol. The maximum Gasteiger partial charge on any atom is 0.232 e. The molecule has 1 aromatic carbocycles. The van der Waals surface area contributed by atoms with Crippen LogP contribution < -0.4 is 15.0 Å². The van der Waals surface area contributed by atoms with E-state index in [1.807, 2.05) is 6.07 Å². The van der Waals surface area contributed by atoms with Crippen molar-refractivity contribution in [2.75, 3.05) is 30.4 Å². The molecule has 0 fully saturated rings. The number of nitrogens with one attached hydrogen (secondary N) is 1. The van der Waals surface area contributed by atoms with Gasteiger partial charge < -0.3 is 15.0 Å². The Morgan fingerprint density at radius 2 is 1.72 bits per heavy atom. The van der Waals surface area contributed by atoms with Crippen LogP contribution in [0.4, 0.5) is 22.2 Å². The Labute approximate surface area is 242 Å². The standard InChI is InChI=1S/C29H44ClN5O3S/c1-7-11-13-21(9-3)17-35(18-22(10-4)14-12-8-2)25-15-23(31-20(5)37)24(16-26(25)38-6)33-34-29-32-28(30)27(19-36)39-29/h15-16,19,21-22H,7-14,17-18H2,1-6H3,(H,31,37)/b34-33+. The lowest BCUT2D eigenvalue weighted by Gasteiger charge is -2.34. The lowest BCUT2D eigenvalue weighted by molar-refractivity contribution is -0.114. The van der Waals surface area contributed by atoms with Crippen LogP contribution in [0.2, 0.25) is 5.15 Å². The van der Waals surface area contributed by atoms with Crippen molar-refractivity contribution in [3.05, 3.63) is 22.2 Å². The Morgan fingerprint density at radius 1 is 1.10 bits per heavy atom. The van der Waals surface area contributed by atoms with Crippen molar-refractivity contribution < 1.29 is 14.3 Å². The SMILES string of the molecule is CCCCC(CC)CN(CC(CC)CCCC)c1cc(NC(C)=O)c(/N=N/c2nc(Cl)c(C=O)s2)cc1OC. The second kappa shape index (κ2) is 17.2. The number of benzene rings is 1. The van der Waals surface area contributed by atoms with E-state index in [1.54, 1.807) is 13.2 Å². The first-order valence-electron chi connectivity index (χ1n) is 14.1. The van der Waals surface area contributed by atoms with E-state index in [0.29, 0.717) is 40.1 Å². The average molecular weight is 578 g/mol. The highest BCUT2D eigenvalue weighted by molar-refractivity contribution is 7.17. The fourth-order valence-electron chi connectivity index (χ4n) is 4.58. The second-order valence-corrected chi connectivity index (χ2v) is 11.3. The minimum Gasteiger partial charge on any atom is -0.494 e. The van der Waals surface area contributed by atoms with Gasteiger partial charge in [-0.3, -0.25) is 9.59 Å². The molecule has 1 heterocycles. The molecule has 1 aromatic heterocycles. The van der Waals surface area contributed by atoms with Crippen LogP contribution >= 0.6 is 22.9 Å². The summed E-state index contributed by atoms with van der Waals surface area (Å²) in [4.78, 5) is 30.1. The number of hydrogen-bond acceptors (Lipinski definition) is 8. The summed E-state index contributed by atoms with van der Waals surface area (Å²) < 4.78 is 5.88. The maximum atomic E-state index is 12.2. The van der Waals surface area contributed by atoms with Gasteiger partial charge in [-0.2, -0.15) is 0 Å². The van der Waals surface area contributed by atoms with Crippen LogP contribution in [-0.4, -0.2) is 37.4 Å². The normalized spacial score (nSPS) is 12.9. The first-order chi connectivity index (χ1) is 18.8. The first kappa shape index (κ1) is 32.7. The summed E-state index contributed by atoms with van der Waals surface area (Å²) in [5.74, 6) is 1.57. The molecule has 8 nitrogen and oxygen atoms in total. The summed E-state index contributed by atoms with van der Waals surface area (Å²) in [7, 11) is 1.65. The highest BCUT2D eigenvalue weighted by Crippen LogP contribution is 2.41. The summed E-state index contributed by atoms with van der Waals surface area (Å²) in [6.07, 6.45) is 9.99. The predicted molar refractivity (Wildman–Crippen MR) is 163 cm³/mol. The number of anilines is 2. The third-order valence-corrected chi connectivity index (χ3v) is 8.21. The van der Waals surface area contributed by atoms with E-state index in [2.05, 4.69) is 53.1 Å². The number of methoxy groups -OCH3 is 1. The number of aldehydes is 1. The van der Waals surface area contributed by atoms with Gasteiger partial charge in [0.15, 0.2) is 11.4 Å². The number of halogens is 1. The lowest BCUT2D eigenvalue weighted by atomic mass is 9.95. The van der Waals surface area contributed by atoms with Gasteiger partial charge in [0.2, 0.25) is 11.0 Å². The van der Waals surface area contributed by atoms with Gasteiger partial charge in [-0.15, -0.1) is 10.2 Å². The number of unbranched alkanes of at least 4 members (excludes halogenated alkanes) is 2. The number of hydrogen-bond donors (Lipinski definition) is 1. The van der Waals surface area contributed by atoms with Crippen molar-refractivity contribution in [2.45, 2.75) is 86.0 Å². The highest BCUT2D eigenvalue weighted by Gasteiger charge is 2.22. The molecule has 10 heteroatoms. The Hall–Kier alpha value is -2.52. The molecule has 1 amide bonds. The van der Waals surface area contributed by atoms with E-state index in [-0.39, 0.29) is 16.2 Å². The molecule has 1 N–H and O–H groups in total. The topological polar surface area (TPSA) is 96.3 Å². The van der Waals surface area contributed by atoms with Crippen LogP contribution in [0.3, 0.4) is 0 Å². The minimum atomic E-state index is -0.210. The van der Waals surface area contributed by atoms with Gasteiger partial charge in [0.05, 0.1) is 18.5 Å². The quantitative estimate of drug-likeness (QED) is 0.141. The van der Waals surface area contributed by atoms with Crippen molar-refractivity contribution in [3.8, 4) is 5.75 Å². The number of aromatic nitrogens is 1. The average Bonchev–Trinajstić information content (AvgIpc) is 3.30. The number of rotatable bonds is 18. The zero-order chi connectivity index (χ0) is 28.8. The molecular formula is C29H44ClN5O3S. The van der Waals surface area contributed by atoms with Gasteiger partial charge in [-0.05, 0) is 30.7 Å². The van der Waals surface area contributed by atoms with Crippen LogP contribution in [0.5, 0.6) is 5.75 Å². The summed E-state index contributed by atoms with van der Waals surface area (Å²) >= 11 is 7.03. The van der Waals surface area contributed by atoms with Crippen LogP contribution in [0.25, 0.3) is 0 Å². The molecule has 0 spiro atoms. The largest absolute Gasteiger partial charge is 0.494 e. The van der Waals surface area contributed by atoms with E-state index in [9.17, 15) is 9.59 Å². The number of ether oxygens (including phenoxy) is 1. The molecule has 2 unspecified atom stereocenters. The fourth-order valence-corrected chi connectivity index (χ4v) is 5.47. The van der Waals surface area contributed by atoms with Crippen molar-refractivity contribution in [2.24, 2.45) is 22.1 Å². The summed E-state index contributed by atoms with van der Waals surface area (Å²) in [5.41, 5.74) is 1.90. The van der Waals surface area contributed by atoms with Crippen molar-refractivity contribution in [1.82, 2.24) is 4.98 Å². The number of amides is 1. The highest BCUT2D eigenvalue weighted by atomic mass is 35.5. The number of carbonyl (C=O) groups excluding carboxylic acids is 2. The molecule has 0 radical (unpaired) electrons. The van der Waals surface area contributed by atoms with E-state index < -0.39 is 0 Å². The van der Waals surface area contributed by atoms with Crippen LogP contribution in [0, 0.1) is 11.8 Å². The van der Waals surface area contributed by atoms with Gasteiger partial charge in [0, 0.05) is 26.1 Å². The van der Waals surface area contributed by atoms with Gasteiger partial charge in [0.25, 0.3) is 0 Å². The second-order valence-electron chi connectivity index (χ2n) is 9.93. The van der Waals surface area contributed by atoms with Gasteiger partial charge >= 0.3 is 0 Å². The van der Waals surface area contributed by atoms with Gasteiger partial charge in [-0.25, -0.2) is 4.98 Å². The van der Waals surface area contributed by atoms with E-state index in [4.69, 9.17) is 16.3 Å². The third-order valence-electron chi connectivity index (χ3n) is 6.94. The molecule has 2 rings (SSSR count). The first-order valence-corrected chi connectivity index (χ1v) is 15.3. The molecule has 2 aromatic rings. The molecule has 0 saturated heterocycles. The number of carbonyl (C=O) groups is 2. The Balaban J connectivity index is 2.55.